The lowest BCUT2D eigenvalue weighted by atomic mass is 10.0. The molecule has 0 aliphatic carbocycles. The van der Waals surface area contributed by atoms with Crippen LogP contribution in [0.25, 0.3) is 0 Å². The van der Waals surface area contributed by atoms with E-state index in [4.69, 9.17) is 9.84 Å². The van der Waals surface area contributed by atoms with Gasteiger partial charge in [-0.25, -0.2) is 4.79 Å². The van der Waals surface area contributed by atoms with Gasteiger partial charge in [0.05, 0.1) is 0 Å². The number of ether oxygens (including phenoxy) is 1. The van der Waals surface area contributed by atoms with E-state index in [0.29, 0.717) is 17.7 Å². The lowest BCUT2D eigenvalue weighted by Gasteiger charge is -2.04. The van der Waals surface area contributed by atoms with Crippen LogP contribution in [0.4, 0.5) is 0 Å². The van der Waals surface area contributed by atoms with Crippen molar-refractivity contribution in [3.63, 3.8) is 0 Å². The zero-order valence-electron chi connectivity index (χ0n) is 7.65. The SMILES string of the molecule is CC1Cc2c(ccc(O)c2C(=O)O)O1. The van der Waals surface area contributed by atoms with E-state index < -0.39 is 5.97 Å². The molecule has 0 amide bonds. The fourth-order valence-electron chi connectivity index (χ4n) is 1.71. The van der Waals surface area contributed by atoms with E-state index in [-0.39, 0.29) is 17.4 Å². The Labute approximate surface area is 80.7 Å². The number of carboxylic acid groups (broad SMARTS) is 1. The van der Waals surface area contributed by atoms with Crippen molar-refractivity contribution in [1.29, 1.82) is 0 Å². The summed E-state index contributed by atoms with van der Waals surface area (Å²) in [6.07, 6.45) is 0.510. The largest absolute Gasteiger partial charge is 0.507 e. The van der Waals surface area contributed by atoms with Gasteiger partial charge in [-0.15, -0.1) is 0 Å². The van der Waals surface area contributed by atoms with Crippen molar-refractivity contribution < 1.29 is 19.7 Å². The molecule has 0 spiro atoms. The molecule has 1 unspecified atom stereocenters. The molecule has 0 saturated carbocycles. The van der Waals surface area contributed by atoms with E-state index in [9.17, 15) is 9.90 Å². The van der Waals surface area contributed by atoms with Crippen LogP contribution in [-0.2, 0) is 6.42 Å². The highest BCUT2D eigenvalue weighted by molar-refractivity contribution is 5.93. The molecule has 2 N–H and O–H groups in total. The molecule has 1 atom stereocenters. The first-order chi connectivity index (χ1) is 6.59. The first kappa shape index (κ1) is 8.87. The summed E-state index contributed by atoms with van der Waals surface area (Å²) in [4.78, 5) is 10.9. The molecule has 14 heavy (non-hydrogen) atoms. The van der Waals surface area contributed by atoms with Gasteiger partial charge >= 0.3 is 5.97 Å². The Kier molecular flexibility index (Phi) is 1.84. The fraction of sp³-hybridized carbons (Fsp3) is 0.300. The minimum absolute atomic E-state index is 0.0232. The van der Waals surface area contributed by atoms with Crippen molar-refractivity contribution in [3.8, 4) is 11.5 Å². The van der Waals surface area contributed by atoms with Crippen LogP contribution in [0.5, 0.6) is 11.5 Å². The lowest BCUT2D eigenvalue weighted by Crippen LogP contribution is -2.06. The van der Waals surface area contributed by atoms with Crippen molar-refractivity contribution >= 4 is 5.97 Å². The zero-order chi connectivity index (χ0) is 10.3. The van der Waals surface area contributed by atoms with Crippen LogP contribution in [0.2, 0.25) is 0 Å². The maximum Gasteiger partial charge on any atom is 0.339 e. The minimum Gasteiger partial charge on any atom is -0.507 e. The Balaban J connectivity index is 2.60. The maximum atomic E-state index is 10.9. The highest BCUT2D eigenvalue weighted by atomic mass is 16.5. The number of hydrogen-bond donors (Lipinski definition) is 2. The highest BCUT2D eigenvalue weighted by Gasteiger charge is 2.27. The summed E-state index contributed by atoms with van der Waals surface area (Å²) in [5, 5.41) is 18.3. The van der Waals surface area contributed by atoms with Gasteiger partial charge < -0.3 is 14.9 Å². The summed E-state index contributed by atoms with van der Waals surface area (Å²) in [5.41, 5.74) is 0.553. The molecule has 1 aromatic rings. The van der Waals surface area contributed by atoms with Crippen LogP contribution in [-0.4, -0.2) is 22.3 Å². The van der Waals surface area contributed by atoms with Gasteiger partial charge in [-0.1, -0.05) is 0 Å². The number of carboxylic acids is 1. The summed E-state index contributed by atoms with van der Waals surface area (Å²) in [5.74, 6) is -0.751. The van der Waals surface area contributed by atoms with E-state index >= 15 is 0 Å². The Morgan fingerprint density at radius 1 is 1.57 bits per heavy atom. The predicted molar refractivity (Wildman–Crippen MR) is 48.9 cm³/mol. The van der Waals surface area contributed by atoms with Crippen LogP contribution < -0.4 is 4.74 Å². The third-order valence-electron chi connectivity index (χ3n) is 2.28. The molecular formula is C10H10O4. The van der Waals surface area contributed by atoms with Crippen molar-refractivity contribution in [3.05, 3.63) is 23.3 Å². The van der Waals surface area contributed by atoms with Crippen LogP contribution in [0, 0.1) is 0 Å². The molecule has 0 radical (unpaired) electrons. The van der Waals surface area contributed by atoms with Gasteiger partial charge in [-0.2, -0.15) is 0 Å². The van der Waals surface area contributed by atoms with E-state index in [1.807, 2.05) is 6.92 Å². The van der Waals surface area contributed by atoms with Crippen molar-refractivity contribution in [1.82, 2.24) is 0 Å². The Morgan fingerprint density at radius 3 is 2.93 bits per heavy atom. The second kappa shape index (κ2) is 2.90. The molecule has 1 heterocycles. The van der Waals surface area contributed by atoms with Gasteiger partial charge in [0.1, 0.15) is 23.2 Å². The second-order valence-corrected chi connectivity index (χ2v) is 3.37. The summed E-state index contributed by atoms with van der Waals surface area (Å²) in [7, 11) is 0. The smallest absolute Gasteiger partial charge is 0.339 e. The van der Waals surface area contributed by atoms with E-state index in [1.165, 1.54) is 6.07 Å². The lowest BCUT2D eigenvalue weighted by molar-refractivity contribution is 0.0692. The second-order valence-electron chi connectivity index (χ2n) is 3.37. The standard InChI is InChI=1S/C10H10O4/c1-5-4-6-8(14-5)3-2-7(11)9(6)10(12)13/h2-3,5,11H,4H2,1H3,(H,12,13). The van der Waals surface area contributed by atoms with Gasteiger partial charge in [-0.05, 0) is 19.1 Å². The number of benzene rings is 1. The number of rotatable bonds is 1. The molecule has 4 heteroatoms. The number of carbonyl (C=O) groups is 1. The fourth-order valence-corrected chi connectivity index (χ4v) is 1.71. The first-order valence-electron chi connectivity index (χ1n) is 4.34. The topological polar surface area (TPSA) is 66.8 Å². The molecule has 74 valence electrons. The van der Waals surface area contributed by atoms with E-state index in [1.54, 1.807) is 6.07 Å². The van der Waals surface area contributed by atoms with Crippen molar-refractivity contribution in [2.45, 2.75) is 19.4 Å². The molecule has 0 bridgehead atoms. The van der Waals surface area contributed by atoms with Gasteiger partial charge in [0.25, 0.3) is 0 Å². The van der Waals surface area contributed by atoms with Crippen molar-refractivity contribution in [2.24, 2.45) is 0 Å². The zero-order valence-corrected chi connectivity index (χ0v) is 7.65. The van der Waals surface area contributed by atoms with Crippen LogP contribution in [0.1, 0.15) is 22.8 Å². The average Bonchev–Trinajstić information content (AvgIpc) is 2.43. The monoisotopic (exact) mass is 194 g/mol. The third kappa shape index (κ3) is 1.19. The summed E-state index contributed by atoms with van der Waals surface area (Å²) >= 11 is 0. The molecule has 1 aliphatic heterocycles. The third-order valence-corrected chi connectivity index (χ3v) is 2.28. The number of fused-ring (bicyclic) bond motifs is 1. The summed E-state index contributed by atoms with van der Waals surface area (Å²) in [6, 6.07) is 2.95. The van der Waals surface area contributed by atoms with Crippen LogP contribution in [0.3, 0.4) is 0 Å². The molecular weight excluding hydrogens is 184 g/mol. The molecule has 1 aromatic carbocycles. The Morgan fingerprint density at radius 2 is 2.29 bits per heavy atom. The Hall–Kier alpha value is -1.71. The molecule has 0 saturated heterocycles. The highest BCUT2D eigenvalue weighted by Crippen LogP contribution is 2.35. The predicted octanol–water partition coefficient (Wildman–Crippen LogP) is 1.41. The minimum atomic E-state index is -1.11. The average molecular weight is 194 g/mol. The number of phenols is 1. The maximum absolute atomic E-state index is 10.9. The van der Waals surface area contributed by atoms with Crippen LogP contribution in [0.15, 0.2) is 12.1 Å². The summed E-state index contributed by atoms with van der Waals surface area (Å²) < 4.78 is 5.38. The van der Waals surface area contributed by atoms with Gasteiger partial charge in [0.2, 0.25) is 0 Å². The first-order valence-corrected chi connectivity index (χ1v) is 4.34. The Bertz CT molecular complexity index is 397. The quantitative estimate of drug-likeness (QED) is 0.709. The van der Waals surface area contributed by atoms with Crippen molar-refractivity contribution in [2.75, 3.05) is 0 Å². The van der Waals surface area contributed by atoms with E-state index in [0.717, 1.165) is 0 Å². The van der Waals surface area contributed by atoms with Gasteiger partial charge in [-0.3, -0.25) is 0 Å². The van der Waals surface area contributed by atoms with Crippen LogP contribution >= 0.6 is 0 Å². The normalized spacial score (nSPS) is 18.8. The molecule has 0 fully saturated rings. The molecule has 4 nitrogen and oxygen atoms in total. The number of aromatic hydroxyl groups is 1. The molecule has 1 aliphatic rings. The molecule has 0 aromatic heterocycles. The van der Waals surface area contributed by atoms with Gasteiger partial charge in [0, 0.05) is 12.0 Å². The molecule has 2 rings (SSSR count). The summed E-state index contributed by atoms with van der Waals surface area (Å²) in [6.45, 7) is 1.86. The van der Waals surface area contributed by atoms with Gasteiger partial charge in [0.15, 0.2) is 0 Å². The van der Waals surface area contributed by atoms with E-state index in [2.05, 4.69) is 0 Å². The number of aromatic carboxylic acids is 1. The number of hydrogen-bond acceptors (Lipinski definition) is 3.